The van der Waals surface area contributed by atoms with E-state index in [0.717, 1.165) is 11.3 Å². The van der Waals surface area contributed by atoms with Gasteiger partial charge in [0.2, 0.25) is 5.91 Å². The third kappa shape index (κ3) is 4.71. The zero-order valence-corrected chi connectivity index (χ0v) is 14.5. The van der Waals surface area contributed by atoms with Crippen molar-refractivity contribution in [1.82, 2.24) is 4.57 Å². The van der Waals surface area contributed by atoms with Gasteiger partial charge in [-0.1, -0.05) is 0 Å². The van der Waals surface area contributed by atoms with E-state index in [1.807, 2.05) is 34.5 Å². The zero-order valence-electron chi connectivity index (χ0n) is 13.7. The highest BCUT2D eigenvalue weighted by Gasteiger charge is 2.17. The zero-order chi connectivity index (χ0) is 17.5. The Hall–Kier alpha value is -2.57. The second kappa shape index (κ2) is 8.50. The summed E-state index contributed by atoms with van der Waals surface area (Å²) in [4.78, 5) is 12.5. The van der Waals surface area contributed by atoms with Gasteiger partial charge in [0.1, 0.15) is 12.4 Å². The maximum atomic E-state index is 12.5. The summed E-state index contributed by atoms with van der Waals surface area (Å²) in [6.07, 6.45) is 4.31. The van der Waals surface area contributed by atoms with Gasteiger partial charge in [-0.15, -0.1) is 0 Å². The Bertz CT molecular complexity index is 733. The molecule has 0 fully saturated rings. The van der Waals surface area contributed by atoms with Crippen molar-refractivity contribution in [2.45, 2.75) is 12.5 Å². The van der Waals surface area contributed by atoms with Crippen LogP contribution in [0.4, 0.5) is 5.69 Å². The number of nitrogens with one attached hydrogen (secondary N) is 1. The van der Waals surface area contributed by atoms with Gasteiger partial charge < -0.3 is 19.7 Å². The molecule has 1 amide bonds. The maximum Gasteiger partial charge on any atom is 0.226 e. The number of aliphatic hydroxyl groups excluding tert-OH is 1. The number of amides is 1. The van der Waals surface area contributed by atoms with E-state index in [9.17, 15) is 4.79 Å². The molecule has 130 valence electrons. The summed E-state index contributed by atoms with van der Waals surface area (Å²) >= 11 is 1.63. The Kier molecular flexibility index (Phi) is 5.87. The normalized spacial score (nSPS) is 11.9. The van der Waals surface area contributed by atoms with E-state index in [1.54, 1.807) is 35.6 Å². The minimum absolute atomic E-state index is 0.0200. The van der Waals surface area contributed by atoms with Gasteiger partial charge in [-0.3, -0.25) is 4.79 Å². The van der Waals surface area contributed by atoms with Gasteiger partial charge in [0.15, 0.2) is 0 Å². The molecule has 1 aromatic carbocycles. The molecule has 6 heteroatoms. The number of thiophene rings is 1. The number of anilines is 1. The fourth-order valence-electron chi connectivity index (χ4n) is 2.60. The Morgan fingerprint density at radius 3 is 2.60 bits per heavy atom. The number of hydrogen-bond acceptors (Lipinski definition) is 4. The Morgan fingerprint density at radius 1 is 1.20 bits per heavy atom. The summed E-state index contributed by atoms with van der Waals surface area (Å²) in [5.41, 5.74) is 1.85. The van der Waals surface area contributed by atoms with Crippen molar-refractivity contribution in [3.8, 4) is 5.75 Å². The number of aromatic nitrogens is 1. The lowest BCUT2D eigenvalue weighted by Crippen LogP contribution is -2.19. The summed E-state index contributed by atoms with van der Waals surface area (Å²) < 4.78 is 7.36. The van der Waals surface area contributed by atoms with Gasteiger partial charge in [-0.2, -0.15) is 11.3 Å². The molecule has 3 rings (SSSR count). The third-order valence-electron chi connectivity index (χ3n) is 3.79. The van der Waals surface area contributed by atoms with Gasteiger partial charge in [-0.05, 0) is 58.8 Å². The molecule has 0 aliphatic rings. The van der Waals surface area contributed by atoms with E-state index < -0.39 is 0 Å². The molecular formula is C19H20N2O3S. The van der Waals surface area contributed by atoms with E-state index in [4.69, 9.17) is 9.84 Å². The lowest BCUT2D eigenvalue weighted by molar-refractivity contribution is -0.116. The first-order valence-corrected chi connectivity index (χ1v) is 8.98. The fraction of sp³-hybridized carbons (Fsp3) is 0.211. The quantitative estimate of drug-likeness (QED) is 0.649. The van der Waals surface area contributed by atoms with Crippen LogP contribution in [-0.2, 0) is 4.79 Å². The van der Waals surface area contributed by atoms with Gasteiger partial charge in [0.25, 0.3) is 0 Å². The molecule has 2 N–H and O–H groups in total. The molecule has 0 saturated heterocycles. The number of hydrogen-bond donors (Lipinski definition) is 2. The number of nitrogens with zero attached hydrogens (tertiary/aromatic N) is 1. The van der Waals surface area contributed by atoms with Crippen molar-refractivity contribution in [3.05, 3.63) is 71.2 Å². The summed E-state index contributed by atoms with van der Waals surface area (Å²) in [5.74, 6) is 0.615. The Morgan fingerprint density at radius 2 is 1.96 bits per heavy atom. The van der Waals surface area contributed by atoms with Crippen molar-refractivity contribution in [2.24, 2.45) is 0 Å². The van der Waals surface area contributed by atoms with Crippen LogP contribution in [0, 0.1) is 0 Å². The largest absolute Gasteiger partial charge is 0.491 e. The van der Waals surface area contributed by atoms with E-state index in [-0.39, 0.29) is 25.2 Å². The smallest absolute Gasteiger partial charge is 0.226 e. The molecular weight excluding hydrogens is 336 g/mol. The van der Waals surface area contributed by atoms with Crippen LogP contribution in [0.25, 0.3) is 0 Å². The minimum atomic E-state index is -0.0473. The van der Waals surface area contributed by atoms with Crippen LogP contribution in [0.15, 0.2) is 65.6 Å². The molecule has 0 bridgehead atoms. The predicted octanol–water partition coefficient (Wildman–Crippen LogP) is 3.54. The first-order valence-electron chi connectivity index (χ1n) is 8.04. The molecule has 0 saturated carbocycles. The molecule has 0 radical (unpaired) electrons. The van der Waals surface area contributed by atoms with Crippen molar-refractivity contribution in [2.75, 3.05) is 18.5 Å². The molecule has 0 aliphatic carbocycles. The van der Waals surface area contributed by atoms with E-state index in [2.05, 4.69) is 16.8 Å². The van der Waals surface area contributed by atoms with Crippen molar-refractivity contribution in [3.63, 3.8) is 0 Å². The second-order valence-electron chi connectivity index (χ2n) is 5.55. The fourth-order valence-corrected chi connectivity index (χ4v) is 3.31. The van der Waals surface area contributed by atoms with Crippen LogP contribution in [0.3, 0.4) is 0 Å². The number of rotatable bonds is 8. The van der Waals surface area contributed by atoms with E-state index in [1.165, 1.54) is 0 Å². The van der Waals surface area contributed by atoms with Crippen LogP contribution in [-0.4, -0.2) is 28.8 Å². The highest BCUT2D eigenvalue weighted by Crippen LogP contribution is 2.25. The van der Waals surface area contributed by atoms with Gasteiger partial charge >= 0.3 is 0 Å². The SMILES string of the molecule is O=C(C[C@H](c1ccsc1)n1cccc1)Nc1ccc(OCCO)cc1. The molecule has 25 heavy (non-hydrogen) atoms. The highest BCUT2D eigenvalue weighted by molar-refractivity contribution is 7.08. The van der Waals surface area contributed by atoms with Crippen LogP contribution in [0.2, 0.25) is 0 Å². The highest BCUT2D eigenvalue weighted by atomic mass is 32.1. The number of benzene rings is 1. The average molecular weight is 356 g/mol. The maximum absolute atomic E-state index is 12.5. The van der Waals surface area contributed by atoms with Crippen LogP contribution >= 0.6 is 11.3 Å². The number of carbonyl (C=O) groups is 1. The molecule has 1 atom stereocenters. The van der Waals surface area contributed by atoms with Gasteiger partial charge in [-0.25, -0.2) is 0 Å². The number of carbonyl (C=O) groups excluding carboxylic acids is 1. The third-order valence-corrected chi connectivity index (χ3v) is 4.49. The van der Waals surface area contributed by atoms with Gasteiger partial charge in [0, 0.05) is 18.1 Å². The second-order valence-corrected chi connectivity index (χ2v) is 6.33. The first kappa shape index (κ1) is 17.3. The summed E-state index contributed by atoms with van der Waals surface area (Å²) in [6, 6.07) is 13.1. The monoisotopic (exact) mass is 356 g/mol. The lowest BCUT2D eigenvalue weighted by Gasteiger charge is -2.18. The lowest BCUT2D eigenvalue weighted by atomic mass is 10.1. The number of ether oxygens (including phenoxy) is 1. The standard InChI is InChI=1S/C19H20N2O3S/c22-10-11-24-17-5-3-16(4-6-17)20-19(23)13-18(15-7-12-25-14-15)21-8-1-2-9-21/h1-9,12,14,18,22H,10-11,13H2,(H,20,23)/t18-/m1/s1. The van der Waals surface area contributed by atoms with Crippen LogP contribution < -0.4 is 10.1 Å². The first-order chi connectivity index (χ1) is 12.3. The molecule has 2 aromatic heterocycles. The van der Waals surface area contributed by atoms with Crippen LogP contribution in [0.5, 0.6) is 5.75 Å². The summed E-state index contributed by atoms with van der Waals surface area (Å²) in [5, 5.41) is 15.8. The van der Waals surface area contributed by atoms with Crippen LogP contribution in [0.1, 0.15) is 18.0 Å². The van der Waals surface area contributed by atoms with E-state index in [0.29, 0.717) is 12.2 Å². The molecule has 0 aliphatic heterocycles. The Labute approximate surface area is 150 Å². The molecule has 0 spiro atoms. The number of aliphatic hydroxyl groups is 1. The average Bonchev–Trinajstić information content (AvgIpc) is 3.33. The van der Waals surface area contributed by atoms with Crippen molar-refractivity contribution in [1.29, 1.82) is 0 Å². The minimum Gasteiger partial charge on any atom is -0.491 e. The molecule has 3 aromatic rings. The summed E-state index contributed by atoms with van der Waals surface area (Å²) in [7, 11) is 0. The molecule has 5 nitrogen and oxygen atoms in total. The van der Waals surface area contributed by atoms with Crippen molar-refractivity contribution < 1.29 is 14.6 Å². The van der Waals surface area contributed by atoms with Gasteiger partial charge in [0.05, 0.1) is 19.1 Å². The predicted molar refractivity (Wildman–Crippen MR) is 99.2 cm³/mol. The summed E-state index contributed by atoms with van der Waals surface area (Å²) in [6.45, 7) is 0.229. The van der Waals surface area contributed by atoms with E-state index >= 15 is 0 Å². The Balaban J connectivity index is 1.64. The molecule has 2 heterocycles. The molecule has 0 unspecified atom stereocenters. The van der Waals surface area contributed by atoms with Crippen molar-refractivity contribution >= 4 is 22.9 Å². The topological polar surface area (TPSA) is 63.5 Å².